The van der Waals surface area contributed by atoms with Gasteiger partial charge in [-0.1, -0.05) is 41.9 Å². The van der Waals surface area contributed by atoms with Gasteiger partial charge in [0, 0.05) is 0 Å². The average molecular weight is 411 g/mol. The quantitative estimate of drug-likeness (QED) is 0.759. The van der Waals surface area contributed by atoms with E-state index in [0.29, 0.717) is 11.4 Å². The minimum Gasteiger partial charge on any atom is -0.495 e. The Morgan fingerprint density at radius 1 is 1.15 bits per heavy atom. The third-order valence-electron chi connectivity index (χ3n) is 4.14. The van der Waals surface area contributed by atoms with E-state index in [1.54, 1.807) is 12.1 Å². The number of ether oxygens (including phenoxy) is 1. The summed E-state index contributed by atoms with van der Waals surface area (Å²) in [6, 6.07) is 12.8. The highest BCUT2D eigenvalue weighted by atomic mass is 35.5. The van der Waals surface area contributed by atoms with Crippen molar-refractivity contribution in [2.24, 2.45) is 0 Å². The Kier molecular flexibility index (Phi) is 6.73. The van der Waals surface area contributed by atoms with Crippen molar-refractivity contribution in [3.63, 3.8) is 0 Å². The number of hydrogen-bond acceptors (Lipinski definition) is 4. The van der Waals surface area contributed by atoms with Crippen LogP contribution in [0.15, 0.2) is 48.5 Å². The van der Waals surface area contributed by atoms with E-state index in [1.807, 2.05) is 37.3 Å². The van der Waals surface area contributed by atoms with Gasteiger partial charge in [0.1, 0.15) is 11.8 Å². The van der Waals surface area contributed by atoms with Crippen molar-refractivity contribution in [2.45, 2.75) is 25.9 Å². The Bertz CT molecular complexity index is 903. The summed E-state index contributed by atoms with van der Waals surface area (Å²) in [5.41, 5.74) is 1.22. The molecule has 0 aliphatic carbocycles. The SMILES string of the molecule is COc1ccc(N([C@H](C)C(=O)N[C@H](C)c2ccccc2)S(C)(=O)=O)cc1Cl. The summed E-state index contributed by atoms with van der Waals surface area (Å²) in [6.07, 6.45) is 1.05. The number of rotatable bonds is 7. The van der Waals surface area contributed by atoms with E-state index < -0.39 is 22.0 Å². The number of nitrogens with one attached hydrogen (secondary N) is 1. The zero-order valence-electron chi connectivity index (χ0n) is 15.6. The summed E-state index contributed by atoms with van der Waals surface area (Å²) in [7, 11) is -2.26. The first-order chi connectivity index (χ1) is 12.6. The molecule has 0 saturated heterocycles. The largest absolute Gasteiger partial charge is 0.495 e. The smallest absolute Gasteiger partial charge is 0.244 e. The van der Waals surface area contributed by atoms with Crippen LogP contribution in [0.25, 0.3) is 0 Å². The summed E-state index contributed by atoms with van der Waals surface area (Å²) in [6.45, 7) is 3.38. The molecule has 0 aliphatic rings. The predicted octanol–water partition coefficient (Wildman–Crippen LogP) is 3.38. The molecule has 6 nitrogen and oxygen atoms in total. The summed E-state index contributed by atoms with van der Waals surface area (Å²) < 4.78 is 30.9. The molecule has 1 N–H and O–H groups in total. The lowest BCUT2D eigenvalue weighted by Gasteiger charge is -2.29. The van der Waals surface area contributed by atoms with Crippen molar-refractivity contribution in [3.8, 4) is 5.75 Å². The fraction of sp³-hybridized carbons (Fsp3) is 0.316. The van der Waals surface area contributed by atoms with E-state index in [-0.39, 0.29) is 11.1 Å². The van der Waals surface area contributed by atoms with Crippen LogP contribution < -0.4 is 14.4 Å². The Hall–Kier alpha value is -2.25. The van der Waals surface area contributed by atoms with Gasteiger partial charge >= 0.3 is 0 Å². The van der Waals surface area contributed by atoms with Crippen molar-refractivity contribution in [1.29, 1.82) is 0 Å². The number of carbonyl (C=O) groups is 1. The molecular formula is C19H23ClN2O4S. The highest BCUT2D eigenvalue weighted by molar-refractivity contribution is 7.92. The molecule has 2 aromatic carbocycles. The van der Waals surface area contributed by atoms with E-state index in [4.69, 9.17) is 16.3 Å². The van der Waals surface area contributed by atoms with Gasteiger partial charge in [0.2, 0.25) is 15.9 Å². The summed E-state index contributed by atoms with van der Waals surface area (Å²) in [5, 5.41) is 3.11. The molecule has 0 fully saturated rings. The van der Waals surface area contributed by atoms with Gasteiger partial charge in [-0.15, -0.1) is 0 Å². The van der Waals surface area contributed by atoms with E-state index in [0.717, 1.165) is 16.1 Å². The molecule has 0 radical (unpaired) electrons. The van der Waals surface area contributed by atoms with Gasteiger partial charge in [0.15, 0.2) is 0 Å². The zero-order chi connectivity index (χ0) is 20.2. The standard InChI is InChI=1S/C19H23ClN2O4S/c1-13(15-8-6-5-7-9-15)21-19(23)14(2)22(27(4,24)25)16-10-11-18(26-3)17(20)12-16/h5-14H,1-4H3,(H,21,23)/t13-,14-/m1/s1. The number of amides is 1. The first kappa shape index (κ1) is 21.1. The van der Waals surface area contributed by atoms with Crippen LogP contribution in [0.4, 0.5) is 5.69 Å². The minimum atomic E-state index is -3.73. The van der Waals surface area contributed by atoms with Crippen molar-refractivity contribution >= 4 is 33.2 Å². The van der Waals surface area contributed by atoms with Crippen molar-refractivity contribution in [1.82, 2.24) is 5.32 Å². The van der Waals surface area contributed by atoms with Crippen LogP contribution in [0, 0.1) is 0 Å². The molecule has 0 bridgehead atoms. The first-order valence-electron chi connectivity index (χ1n) is 8.33. The lowest BCUT2D eigenvalue weighted by molar-refractivity contribution is -0.122. The summed E-state index contributed by atoms with van der Waals surface area (Å²) in [5.74, 6) is 0.00684. The minimum absolute atomic E-state index is 0.258. The predicted molar refractivity (Wildman–Crippen MR) is 108 cm³/mol. The molecule has 146 valence electrons. The number of methoxy groups -OCH3 is 1. The Labute approximate surface area is 165 Å². The molecule has 0 saturated carbocycles. The molecule has 27 heavy (non-hydrogen) atoms. The van der Waals surface area contributed by atoms with Gasteiger partial charge < -0.3 is 10.1 Å². The van der Waals surface area contributed by atoms with E-state index >= 15 is 0 Å². The van der Waals surface area contributed by atoms with Gasteiger partial charge in [-0.3, -0.25) is 9.10 Å². The fourth-order valence-electron chi connectivity index (χ4n) is 2.76. The van der Waals surface area contributed by atoms with Crippen LogP contribution in [0.1, 0.15) is 25.5 Å². The van der Waals surface area contributed by atoms with Crippen LogP contribution in [0.5, 0.6) is 5.75 Å². The van der Waals surface area contributed by atoms with Gasteiger partial charge in [-0.05, 0) is 37.6 Å². The Balaban J connectivity index is 2.28. The molecule has 8 heteroatoms. The summed E-state index contributed by atoms with van der Waals surface area (Å²) >= 11 is 6.13. The second-order valence-electron chi connectivity index (χ2n) is 6.19. The average Bonchev–Trinajstić information content (AvgIpc) is 2.61. The monoisotopic (exact) mass is 410 g/mol. The molecule has 0 aromatic heterocycles. The number of sulfonamides is 1. The number of carbonyl (C=O) groups excluding carboxylic acids is 1. The highest BCUT2D eigenvalue weighted by Gasteiger charge is 2.30. The normalized spacial score (nSPS) is 13.5. The van der Waals surface area contributed by atoms with Gasteiger partial charge in [0.25, 0.3) is 0 Å². The van der Waals surface area contributed by atoms with Crippen LogP contribution in [-0.4, -0.2) is 33.7 Å². The molecule has 0 aliphatic heterocycles. The molecule has 2 atom stereocenters. The van der Waals surface area contributed by atoms with Gasteiger partial charge in [0.05, 0.1) is 30.1 Å². The van der Waals surface area contributed by atoms with E-state index in [2.05, 4.69) is 5.32 Å². The fourth-order valence-corrected chi connectivity index (χ4v) is 4.18. The maximum atomic E-state index is 12.7. The molecule has 2 rings (SSSR count). The highest BCUT2D eigenvalue weighted by Crippen LogP contribution is 2.31. The maximum Gasteiger partial charge on any atom is 0.244 e. The Morgan fingerprint density at radius 2 is 1.78 bits per heavy atom. The summed E-state index contributed by atoms with van der Waals surface area (Å²) in [4.78, 5) is 12.7. The van der Waals surface area contributed by atoms with Crippen LogP contribution in [-0.2, 0) is 14.8 Å². The maximum absolute atomic E-state index is 12.7. The second kappa shape index (κ2) is 8.63. The number of halogens is 1. The van der Waals surface area contributed by atoms with Crippen LogP contribution in [0.3, 0.4) is 0 Å². The number of hydrogen-bond donors (Lipinski definition) is 1. The van der Waals surface area contributed by atoms with Crippen LogP contribution >= 0.6 is 11.6 Å². The van der Waals surface area contributed by atoms with Crippen molar-refractivity contribution in [2.75, 3.05) is 17.7 Å². The number of benzene rings is 2. The third-order valence-corrected chi connectivity index (χ3v) is 5.67. The molecular weight excluding hydrogens is 388 g/mol. The zero-order valence-corrected chi connectivity index (χ0v) is 17.2. The molecule has 0 unspecified atom stereocenters. The lowest BCUT2D eigenvalue weighted by atomic mass is 10.1. The Morgan fingerprint density at radius 3 is 2.30 bits per heavy atom. The number of nitrogens with zero attached hydrogens (tertiary/aromatic N) is 1. The van der Waals surface area contributed by atoms with Gasteiger partial charge in [-0.25, -0.2) is 8.42 Å². The lowest BCUT2D eigenvalue weighted by Crippen LogP contribution is -2.48. The molecule has 0 spiro atoms. The first-order valence-corrected chi connectivity index (χ1v) is 10.6. The second-order valence-corrected chi connectivity index (χ2v) is 8.46. The van der Waals surface area contributed by atoms with Crippen molar-refractivity contribution in [3.05, 3.63) is 59.1 Å². The number of anilines is 1. The molecule has 0 heterocycles. The molecule has 2 aromatic rings. The third kappa shape index (κ3) is 5.14. The van der Waals surface area contributed by atoms with Crippen LogP contribution in [0.2, 0.25) is 5.02 Å². The topological polar surface area (TPSA) is 75.7 Å². The van der Waals surface area contributed by atoms with Crippen molar-refractivity contribution < 1.29 is 17.9 Å². The van der Waals surface area contributed by atoms with Gasteiger partial charge in [-0.2, -0.15) is 0 Å². The molecule has 1 amide bonds. The van der Waals surface area contributed by atoms with E-state index in [9.17, 15) is 13.2 Å². The van der Waals surface area contributed by atoms with E-state index in [1.165, 1.54) is 20.1 Å².